The van der Waals surface area contributed by atoms with Gasteiger partial charge in [0.05, 0.1) is 10.6 Å². The molecule has 254 valence electrons. The summed E-state index contributed by atoms with van der Waals surface area (Å²) in [4.78, 5) is 52.6. The van der Waals surface area contributed by atoms with E-state index in [1.54, 1.807) is 54.6 Å². The topological polar surface area (TPSA) is 161 Å². The van der Waals surface area contributed by atoms with Crippen LogP contribution in [0.1, 0.15) is 28.4 Å². The zero-order chi connectivity index (χ0) is 35.5. The number of para-hydroxylation sites is 1. The average Bonchev–Trinajstić information content (AvgIpc) is 3.63. The van der Waals surface area contributed by atoms with Crippen LogP contribution in [0.25, 0.3) is 0 Å². The quantitative estimate of drug-likeness (QED) is 0.0952. The molecule has 0 spiro atoms. The van der Waals surface area contributed by atoms with E-state index in [-0.39, 0.29) is 25.3 Å². The number of hydrogen-bond acceptors (Lipinski definition) is 7. The Morgan fingerprint density at radius 2 is 1.26 bits per heavy atom. The maximum Gasteiger partial charge on any atom is 0.289 e. The van der Waals surface area contributed by atoms with Crippen molar-refractivity contribution in [2.24, 2.45) is 0 Å². The number of rotatable bonds is 14. The van der Waals surface area contributed by atoms with Crippen molar-refractivity contribution in [3.8, 4) is 0 Å². The first-order chi connectivity index (χ1) is 24.1. The molecule has 1 aromatic heterocycles. The van der Waals surface area contributed by atoms with Crippen LogP contribution in [-0.4, -0.2) is 39.9 Å². The van der Waals surface area contributed by atoms with E-state index >= 15 is 0 Å². The van der Waals surface area contributed by atoms with Crippen molar-refractivity contribution < 1.29 is 27.7 Å². The van der Waals surface area contributed by atoms with Gasteiger partial charge in [-0.3, -0.25) is 24.5 Å². The Balaban J connectivity index is 1.56. The molecule has 1 unspecified atom stereocenters. The van der Waals surface area contributed by atoms with Crippen molar-refractivity contribution in [1.29, 1.82) is 0 Å². The third kappa shape index (κ3) is 8.57. The van der Waals surface area contributed by atoms with Crippen LogP contribution in [-0.2, 0) is 44.0 Å². The summed E-state index contributed by atoms with van der Waals surface area (Å²) < 4.78 is 28.9. The highest BCUT2D eigenvalue weighted by Gasteiger charge is 2.37. The predicted octanol–water partition coefficient (Wildman–Crippen LogP) is 4.89. The Morgan fingerprint density at radius 1 is 0.720 bits per heavy atom. The summed E-state index contributed by atoms with van der Waals surface area (Å²) in [5.41, 5.74) is 1.41. The standard InChI is InChI=1S/C37H33N5O7S/c43-34(38-25-28-13-4-1-5-14-28)22-23-35(44)40(27-30-17-8-3-9-18-30)36(37(45)39-26-29-15-6-2-7-16-29)32-20-12-24-41(32)50(48,49)33-21-11-10-19-31(33)42(46)47/h1-24,36H,25-27H2,(H,38,43)(H,39,45)/b23-22-. The zero-order valence-electron chi connectivity index (χ0n) is 26.7. The molecule has 0 saturated carbocycles. The molecule has 13 heteroatoms. The summed E-state index contributed by atoms with van der Waals surface area (Å²) in [5, 5.41) is 17.3. The molecule has 1 heterocycles. The molecule has 0 fully saturated rings. The third-order valence-corrected chi connectivity index (χ3v) is 9.41. The van der Waals surface area contributed by atoms with E-state index < -0.39 is 49.3 Å². The average molecular weight is 692 g/mol. The molecule has 0 radical (unpaired) electrons. The van der Waals surface area contributed by atoms with E-state index in [1.165, 1.54) is 24.3 Å². The fourth-order valence-electron chi connectivity index (χ4n) is 5.22. The molecule has 1 atom stereocenters. The smallest absolute Gasteiger partial charge is 0.289 e. The second-order valence-electron chi connectivity index (χ2n) is 11.1. The molecular weight excluding hydrogens is 659 g/mol. The van der Waals surface area contributed by atoms with Gasteiger partial charge in [-0.1, -0.05) is 103 Å². The van der Waals surface area contributed by atoms with Crippen molar-refractivity contribution in [3.05, 3.63) is 178 Å². The van der Waals surface area contributed by atoms with Crippen molar-refractivity contribution in [3.63, 3.8) is 0 Å². The van der Waals surface area contributed by atoms with Crippen LogP contribution in [0.2, 0.25) is 0 Å². The number of amides is 3. The fraction of sp³-hybridized carbons (Fsp3) is 0.108. The lowest BCUT2D eigenvalue weighted by molar-refractivity contribution is -0.387. The van der Waals surface area contributed by atoms with Gasteiger partial charge in [-0.2, -0.15) is 0 Å². The Hall–Kier alpha value is -6.34. The minimum absolute atomic E-state index is 0.0545. The molecule has 0 aliphatic carbocycles. The Kier molecular flexibility index (Phi) is 11.3. The molecule has 3 amide bonds. The number of nitrogens with one attached hydrogen (secondary N) is 2. The molecule has 0 aliphatic rings. The van der Waals surface area contributed by atoms with Gasteiger partial charge in [-0.15, -0.1) is 0 Å². The molecule has 5 rings (SSSR count). The van der Waals surface area contributed by atoms with Crippen LogP contribution in [0.3, 0.4) is 0 Å². The van der Waals surface area contributed by atoms with Gasteiger partial charge in [0.1, 0.15) is 0 Å². The fourth-order valence-corrected chi connectivity index (χ4v) is 6.76. The Morgan fingerprint density at radius 3 is 1.86 bits per heavy atom. The third-order valence-electron chi connectivity index (χ3n) is 7.66. The van der Waals surface area contributed by atoms with E-state index in [1.807, 2.05) is 36.4 Å². The van der Waals surface area contributed by atoms with E-state index in [0.29, 0.717) is 5.56 Å². The predicted molar refractivity (Wildman–Crippen MR) is 186 cm³/mol. The van der Waals surface area contributed by atoms with Crippen LogP contribution >= 0.6 is 0 Å². The Bertz CT molecular complexity index is 2100. The molecule has 4 aromatic carbocycles. The van der Waals surface area contributed by atoms with Gasteiger partial charge < -0.3 is 15.5 Å². The lowest BCUT2D eigenvalue weighted by atomic mass is 10.1. The van der Waals surface area contributed by atoms with Gasteiger partial charge in [0.2, 0.25) is 17.7 Å². The van der Waals surface area contributed by atoms with Crippen LogP contribution < -0.4 is 10.6 Å². The lowest BCUT2D eigenvalue weighted by Crippen LogP contribution is -2.44. The number of benzene rings is 4. The summed E-state index contributed by atoms with van der Waals surface area (Å²) in [6, 6.07) is 32.9. The molecule has 0 bridgehead atoms. The van der Waals surface area contributed by atoms with Gasteiger partial charge >= 0.3 is 0 Å². The number of nitro groups is 1. The van der Waals surface area contributed by atoms with E-state index in [9.17, 15) is 32.9 Å². The number of hydrogen-bond donors (Lipinski definition) is 2. The van der Waals surface area contributed by atoms with Gasteiger partial charge in [-0.05, 0) is 34.9 Å². The molecule has 2 N–H and O–H groups in total. The minimum atomic E-state index is -4.66. The SMILES string of the molecule is O=C(/C=C\C(=O)N(Cc1ccccc1)C(C(=O)NCc1ccccc1)c1cccn1S(=O)(=O)c1ccccc1[N+](=O)[O-])NCc1ccccc1. The molecule has 12 nitrogen and oxygen atoms in total. The highest BCUT2D eigenvalue weighted by atomic mass is 32.2. The van der Waals surface area contributed by atoms with E-state index in [0.717, 1.165) is 50.5 Å². The van der Waals surface area contributed by atoms with E-state index in [4.69, 9.17) is 0 Å². The largest absolute Gasteiger partial charge is 0.350 e. The number of carbonyl (C=O) groups excluding carboxylic acids is 3. The number of aromatic nitrogens is 1. The van der Waals surface area contributed by atoms with Crippen LogP contribution in [0, 0.1) is 10.1 Å². The normalized spacial score (nSPS) is 11.8. The summed E-state index contributed by atoms with van der Waals surface area (Å²) in [7, 11) is -4.66. The first kappa shape index (κ1) is 35.0. The van der Waals surface area contributed by atoms with E-state index in [2.05, 4.69) is 10.6 Å². The van der Waals surface area contributed by atoms with Crippen LogP contribution in [0.5, 0.6) is 0 Å². The van der Waals surface area contributed by atoms with Gasteiger partial charge in [0.25, 0.3) is 15.7 Å². The minimum Gasteiger partial charge on any atom is -0.350 e. The van der Waals surface area contributed by atoms with Gasteiger partial charge in [0, 0.05) is 44.0 Å². The first-order valence-electron chi connectivity index (χ1n) is 15.5. The summed E-state index contributed by atoms with van der Waals surface area (Å²) in [6.07, 6.45) is 3.23. The summed E-state index contributed by atoms with van der Waals surface area (Å²) >= 11 is 0. The molecule has 0 aliphatic heterocycles. The maximum absolute atomic E-state index is 14.2. The van der Waals surface area contributed by atoms with Crippen LogP contribution in [0.4, 0.5) is 5.69 Å². The number of nitro benzene ring substituents is 1. The maximum atomic E-state index is 14.2. The molecule has 50 heavy (non-hydrogen) atoms. The van der Waals surface area contributed by atoms with Crippen LogP contribution in [0.15, 0.2) is 151 Å². The molecule has 0 saturated heterocycles. The van der Waals surface area contributed by atoms with Gasteiger partial charge in [-0.25, -0.2) is 12.4 Å². The molecular formula is C37H33N5O7S. The number of carbonyl (C=O) groups is 3. The number of nitrogens with zero attached hydrogens (tertiary/aromatic N) is 3. The zero-order valence-corrected chi connectivity index (χ0v) is 27.5. The lowest BCUT2D eigenvalue weighted by Gasteiger charge is -2.31. The van der Waals surface area contributed by atoms with Gasteiger partial charge in [0.15, 0.2) is 10.9 Å². The second-order valence-corrected chi connectivity index (χ2v) is 12.8. The molecule has 5 aromatic rings. The first-order valence-corrected chi connectivity index (χ1v) is 16.9. The second kappa shape index (κ2) is 16.2. The Labute approximate surface area is 288 Å². The summed E-state index contributed by atoms with van der Waals surface area (Å²) in [5.74, 6) is -2.05. The highest BCUT2D eigenvalue weighted by Crippen LogP contribution is 2.31. The van der Waals surface area contributed by atoms with Crippen molar-refractivity contribution in [1.82, 2.24) is 19.5 Å². The summed E-state index contributed by atoms with van der Waals surface area (Å²) in [6.45, 7) is 0.113. The van der Waals surface area contributed by atoms with Crippen molar-refractivity contribution in [2.45, 2.75) is 30.6 Å². The highest BCUT2D eigenvalue weighted by molar-refractivity contribution is 7.90. The monoisotopic (exact) mass is 691 g/mol. The van der Waals surface area contributed by atoms with Crippen molar-refractivity contribution in [2.75, 3.05) is 0 Å². The van der Waals surface area contributed by atoms with Crippen molar-refractivity contribution >= 4 is 33.4 Å².